The Morgan fingerprint density at radius 1 is 1.22 bits per heavy atom. The molecule has 0 spiro atoms. The number of hydrogen-bond acceptors (Lipinski definition) is 6. The number of methoxy groups -OCH3 is 1. The number of carbonyl (C=O) groups excluding carboxylic acids is 1. The van der Waals surface area contributed by atoms with Gasteiger partial charge in [-0.25, -0.2) is 4.98 Å². The second-order valence-corrected chi connectivity index (χ2v) is 9.79. The fraction of sp³-hybridized carbons (Fsp3) is 0.304. The first-order chi connectivity index (χ1) is 15.4. The molecule has 3 aromatic rings. The number of amides is 1. The lowest BCUT2D eigenvalue weighted by atomic mass is 9.96. The Hall–Kier alpha value is -2.78. The quantitative estimate of drug-likeness (QED) is 0.315. The van der Waals surface area contributed by atoms with Gasteiger partial charge in [-0.2, -0.15) is 0 Å². The summed E-state index contributed by atoms with van der Waals surface area (Å²) in [6.45, 7) is 3.15. The minimum Gasteiger partial charge on any atom is -0.490 e. The highest BCUT2D eigenvalue weighted by molar-refractivity contribution is 9.10. The number of ether oxygens (including phenoxy) is 1. The first kappa shape index (κ1) is 22.4. The molecule has 1 aliphatic rings. The van der Waals surface area contributed by atoms with Crippen molar-refractivity contribution >= 4 is 38.9 Å². The van der Waals surface area contributed by atoms with Crippen LogP contribution >= 0.6 is 27.3 Å². The van der Waals surface area contributed by atoms with Gasteiger partial charge in [-0.3, -0.25) is 14.9 Å². The zero-order valence-electron chi connectivity index (χ0n) is 17.7. The predicted molar refractivity (Wildman–Crippen MR) is 128 cm³/mol. The first-order valence-corrected chi connectivity index (χ1v) is 11.8. The van der Waals surface area contributed by atoms with Crippen LogP contribution in [0.1, 0.15) is 39.0 Å². The topological polar surface area (TPSA) is 85.6 Å². The van der Waals surface area contributed by atoms with Gasteiger partial charge >= 0.3 is 5.69 Å². The molecule has 0 bridgehead atoms. The number of nitro benzene ring substituents is 1. The molecule has 0 atom stereocenters. The maximum Gasteiger partial charge on any atom is 0.323 e. The summed E-state index contributed by atoms with van der Waals surface area (Å²) in [4.78, 5) is 31.8. The zero-order valence-corrected chi connectivity index (χ0v) is 20.1. The molecule has 32 heavy (non-hydrogen) atoms. The highest BCUT2D eigenvalue weighted by atomic mass is 79.9. The summed E-state index contributed by atoms with van der Waals surface area (Å²) >= 11 is 5.17. The van der Waals surface area contributed by atoms with Crippen LogP contribution in [0.4, 0.5) is 5.69 Å². The molecule has 0 unspecified atom stereocenters. The second kappa shape index (κ2) is 9.38. The molecule has 1 saturated heterocycles. The number of hydrogen-bond donors (Lipinski definition) is 0. The van der Waals surface area contributed by atoms with E-state index in [1.165, 1.54) is 24.1 Å². The molecular formula is C23H22BrN3O4S. The maximum absolute atomic E-state index is 13.1. The van der Waals surface area contributed by atoms with Gasteiger partial charge in [-0.1, -0.05) is 34.1 Å². The first-order valence-electron chi connectivity index (χ1n) is 10.2. The Balaban J connectivity index is 1.48. The SMILES string of the molecule is COc1cccc(C(=O)N2CCC(c3nc(-c4ccc(Br)cc4)c(C)s3)CC2)c1[N+](=O)[O-]. The Kier molecular flexibility index (Phi) is 6.57. The molecule has 1 amide bonds. The van der Waals surface area contributed by atoms with E-state index in [1.54, 1.807) is 22.3 Å². The monoisotopic (exact) mass is 515 g/mol. The van der Waals surface area contributed by atoms with Crippen LogP contribution in [-0.4, -0.2) is 40.9 Å². The van der Waals surface area contributed by atoms with Crippen LogP contribution < -0.4 is 4.74 Å². The van der Waals surface area contributed by atoms with Gasteiger partial charge in [0, 0.05) is 33.9 Å². The van der Waals surface area contributed by atoms with E-state index in [0.29, 0.717) is 13.1 Å². The molecule has 0 radical (unpaired) electrons. The lowest BCUT2D eigenvalue weighted by Crippen LogP contribution is -2.38. The van der Waals surface area contributed by atoms with Crippen molar-refractivity contribution in [3.8, 4) is 17.0 Å². The predicted octanol–water partition coefficient (Wildman–Crippen LogP) is 5.82. The Labute approximate surface area is 198 Å². The Morgan fingerprint density at radius 3 is 2.53 bits per heavy atom. The van der Waals surface area contributed by atoms with Crippen molar-refractivity contribution in [1.82, 2.24) is 9.88 Å². The van der Waals surface area contributed by atoms with E-state index in [2.05, 4.69) is 35.0 Å². The largest absolute Gasteiger partial charge is 0.490 e. The molecule has 0 aliphatic carbocycles. The van der Waals surface area contributed by atoms with E-state index >= 15 is 0 Å². The maximum atomic E-state index is 13.1. The van der Waals surface area contributed by atoms with Crippen molar-refractivity contribution in [3.63, 3.8) is 0 Å². The number of aromatic nitrogens is 1. The van der Waals surface area contributed by atoms with Crippen LogP contribution in [0.5, 0.6) is 5.75 Å². The van der Waals surface area contributed by atoms with Gasteiger partial charge in [-0.05, 0) is 44.0 Å². The van der Waals surface area contributed by atoms with Crippen molar-refractivity contribution in [2.75, 3.05) is 20.2 Å². The van der Waals surface area contributed by atoms with E-state index < -0.39 is 4.92 Å². The minimum absolute atomic E-state index is 0.0652. The Bertz CT molecular complexity index is 1150. The smallest absolute Gasteiger partial charge is 0.323 e. The fourth-order valence-corrected chi connectivity index (χ4v) is 5.39. The molecule has 166 valence electrons. The average molecular weight is 516 g/mol. The summed E-state index contributed by atoms with van der Waals surface area (Å²) in [7, 11) is 1.36. The van der Waals surface area contributed by atoms with Crippen LogP contribution in [0.15, 0.2) is 46.9 Å². The number of piperidine rings is 1. The number of benzene rings is 2. The molecule has 0 N–H and O–H groups in total. The third-order valence-corrected chi connectivity index (χ3v) is 7.36. The highest BCUT2D eigenvalue weighted by Gasteiger charge is 2.32. The Morgan fingerprint density at radius 2 is 1.91 bits per heavy atom. The second-order valence-electron chi connectivity index (χ2n) is 7.64. The number of nitrogens with zero attached hydrogens (tertiary/aromatic N) is 3. The van der Waals surface area contributed by atoms with Crippen molar-refractivity contribution in [1.29, 1.82) is 0 Å². The number of aryl methyl sites for hydroxylation is 1. The normalized spacial score (nSPS) is 14.4. The summed E-state index contributed by atoms with van der Waals surface area (Å²) in [5.74, 6) is 0.0293. The number of halogens is 1. The molecule has 4 rings (SSSR count). The van der Waals surface area contributed by atoms with E-state index in [1.807, 2.05) is 12.1 Å². The van der Waals surface area contributed by atoms with Crippen molar-refractivity contribution in [2.24, 2.45) is 0 Å². The van der Waals surface area contributed by atoms with Gasteiger partial charge in [0.05, 0.1) is 22.7 Å². The van der Waals surface area contributed by atoms with E-state index in [9.17, 15) is 14.9 Å². The van der Waals surface area contributed by atoms with Crippen LogP contribution in [0, 0.1) is 17.0 Å². The number of rotatable bonds is 5. The molecule has 1 aliphatic heterocycles. The number of carbonyl (C=O) groups is 1. The summed E-state index contributed by atoms with van der Waals surface area (Å²) in [5, 5.41) is 12.6. The zero-order chi connectivity index (χ0) is 22.8. The van der Waals surface area contributed by atoms with Gasteiger partial charge in [0.25, 0.3) is 5.91 Å². The molecule has 1 aromatic heterocycles. The molecule has 2 heterocycles. The van der Waals surface area contributed by atoms with Gasteiger partial charge in [-0.15, -0.1) is 11.3 Å². The summed E-state index contributed by atoms with van der Waals surface area (Å²) in [5.41, 5.74) is 1.88. The number of nitro groups is 1. The molecule has 9 heteroatoms. The van der Waals surface area contributed by atoms with Crippen LogP contribution in [-0.2, 0) is 0 Å². The minimum atomic E-state index is -0.555. The summed E-state index contributed by atoms with van der Waals surface area (Å²) < 4.78 is 6.12. The van der Waals surface area contributed by atoms with E-state index in [4.69, 9.17) is 9.72 Å². The molecule has 7 nitrogen and oxygen atoms in total. The van der Waals surface area contributed by atoms with Crippen molar-refractivity contribution in [2.45, 2.75) is 25.7 Å². The van der Waals surface area contributed by atoms with Gasteiger partial charge in [0.1, 0.15) is 5.56 Å². The molecule has 1 fully saturated rings. The lowest BCUT2D eigenvalue weighted by molar-refractivity contribution is -0.386. The number of thiazole rings is 1. The third-order valence-electron chi connectivity index (χ3n) is 5.69. The molecule has 0 saturated carbocycles. The van der Waals surface area contributed by atoms with Crippen molar-refractivity contribution in [3.05, 3.63) is 72.5 Å². The average Bonchev–Trinajstić information content (AvgIpc) is 3.20. The lowest BCUT2D eigenvalue weighted by Gasteiger charge is -2.31. The van der Waals surface area contributed by atoms with Gasteiger partial charge < -0.3 is 9.64 Å². The number of para-hydroxylation sites is 1. The number of likely N-dealkylation sites (tertiary alicyclic amines) is 1. The van der Waals surface area contributed by atoms with Crippen LogP contribution in [0.2, 0.25) is 0 Å². The van der Waals surface area contributed by atoms with Crippen molar-refractivity contribution < 1.29 is 14.5 Å². The van der Waals surface area contributed by atoms with Gasteiger partial charge in [0.15, 0.2) is 5.75 Å². The van der Waals surface area contributed by atoms with E-state index in [-0.39, 0.29) is 28.8 Å². The standard InChI is InChI=1S/C23H22BrN3O4S/c1-14-20(15-6-8-17(24)9-7-15)25-22(32-14)16-10-12-26(13-11-16)23(28)18-4-3-5-19(31-2)21(18)27(29)30/h3-9,16H,10-13H2,1-2H3. The van der Waals surface area contributed by atoms with Crippen LogP contribution in [0.25, 0.3) is 11.3 Å². The summed E-state index contributed by atoms with van der Waals surface area (Å²) in [6, 6.07) is 12.7. The third kappa shape index (κ3) is 4.40. The summed E-state index contributed by atoms with van der Waals surface area (Å²) in [6.07, 6.45) is 1.55. The molecular weight excluding hydrogens is 494 g/mol. The fourth-order valence-electron chi connectivity index (χ4n) is 4.01. The highest BCUT2D eigenvalue weighted by Crippen LogP contribution is 2.37. The van der Waals surface area contributed by atoms with Gasteiger partial charge in [0.2, 0.25) is 0 Å². The molecule has 2 aromatic carbocycles. The van der Waals surface area contributed by atoms with Crippen LogP contribution in [0.3, 0.4) is 0 Å². The van der Waals surface area contributed by atoms with E-state index in [0.717, 1.165) is 33.6 Å².